The standard InChI is InChI=1S/C22H22FN3O/c1-16(2)26(15-17-6-4-3-5-7-17)22(27)18-12-13-24-21(14-18)25-20-10-8-19(23)9-11-20/h3-14,16H,15H2,1-2H3,(H,24,25). The van der Waals surface area contributed by atoms with Gasteiger partial charge in [-0.3, -0.25) is 4.79 Å². The van der Waals surface area contributed by atoms with Crippen molar-refractivity contribution >= 4 is 17.4 Å². The summed E-state index contributed by atoms with van der Waals surface area (Å²) >= 11 is 0. The molecule has 0 aliphatic rings. The van der Waals surface area contributed by atoms with Crippen LogP contribution in [0.1, 0.15) is 29.8 Å². The molecule has 0 atom stereocenters. The average molecular weight is 363 g/mol. The van der Waals surface area contributed by atoms with Crippen LogP contribution in [0.5, 0.6) is 0 Å². The van der Waals surface area contributed by atoms with Crippen LogP contribution in [0, 0.1) is 5.82 Å². The Balaban J connectivity index is 1.79. The molecule has 0 radical (unpaired) electrons. The molecule has 1 heterocycles. The molecule has 1 amide bonds. The highest BCUT2D eigenvalue weighted by Gasteiger charge is 2.19. The lowest BCUT2D eigenvalue weighted by Gasteiger charge is -2.27. The maximum absolute atomic E-state index is 13.1. The number of carbonyl (C=O) groups excluding carboxylic acids is 1. The maximum Gasteiger partial charge on any atom is 0.254 e. The van der Waals surface area contributed by atoms with Crippen molar-refractivity contribution in [2.45, 2.75) is 26.4 Å². The first-order valence-electron chi connectivity index (χ1n) is 8.86. The fourth-order valence-electron chi connectivity index (χ4n) is 2.75. The monoisotopic (exact) mass is 363 g/mol. The number of hydrogen-bond acceptors (Lipinski definition) is 3. The number of hydrogen-bond donors (Lipinski definition) is 1. The second-order valence-corrected chi connectivity index (χ2v) is 6.57. The van der Waals surface area contributed by atoms with E-state index in [9.17, 15) is 9.18 Å². The Morgan fingerprint density at radius 1 is 1.07 bits per heavy atom. The number of aromatic nitrogens is 1. The van der Waals surface area contributed by atoms with Crippen molar-refractivity contribution in [1.82, 2.24) is 9.88 Å². The third kappa shape index (κ3) is 4.91. The Morgan fingerprint density at radius 2 is 1.78 bits per heavy atom. The first kappa shape index (κ1) is 18.6. The average Bonchev–Trinajstić information content (AvgIpc) is 2.68. The van der Waals surface area contributed by atoms with Gasteiger partial charge >= 0.3 is 0 Å². The molecule has 0 unspecified atom stereocenters. The van der Waals surface area contributed by atoms with Gasteiger partial charge in [-0.05, 0) is 55.8 Å². The van der Waals surface area contributed by atoms with Crippen LogP contribution in [-0.4, -0.2) is 21.8 Å². The normalized spacial score (nSPS) is 10.7. The van der Waals surface area contributed by atoms with E-state index in [1.54, 1.807) is 30.5 Å². The Kier molecular flexibility index (Phi) is 5.81. The minimum atomic E-state index is -0.300. The molecule has 0 spiro atoms. The predicted octanol–water partition coefficient (Wildman–Crippen LogP) is 5.02. The lowest BCUT2D eigenvalue weighted by atomic mass is 10.1. The number of pyridine rings is 1. The number of nitrogens with one attached hydrogen (secondary N) is 1. The van der Waals surface area contributed by atoms with Crippen LogP contribution in [-0.2, 0) is 6.54 Å². The second kappa shape index (κ2) is 8.45. The Bertz CT molecular complexity index is 895. The molecular weight excluding hydrogens is 341 g/mol. The minimum Gasteiger partial charge on any atom is -0.340 e. The number of rotatable bonds is 6. The first-order valence-corrected chi connectivity index (χ1v) is 8.86. The number of anilines is 2. The molecule has 1 N–H and O–H groups in total. The highest BCUT2D eigenvalue weighted by Crippen LogP contribution is 2.18. The molecule has 3 rings (SSSR count). The summed E-state index contributed by atoms with van der Waals surface area (Å²) in [6.07, 6.45) is 1.60. The Morgan fingerprint density at radius 3 is 2.44 bits per heavy atom. The maximum atomic E-state index is 13.1. The van der Waals surface area contributed by atoms with Gasteiger partial charge in [0.05, 0.1) is 0 Å². The minimum absolute atomic E-state index is 0.0550. The molecule has 0 aliphatic carbocycles. The van der Waals surface area contributed by atoms with E-state index >= 15 is 0 Å². The summed E-state index contributed by atoms with van der Waals surface area (Å²) in [4.78, 5) is 19.1. The van der Waals surface area contributed by atoms with Crippen molar-refractivity contribution in [1.29, 1.82) is 0 Å². The molecule has 0 bridgehead atoms. The van der Waals surface area contributed by atoms with E-state index in [4.69, 9.17) is 0 Å². The van der Waals surface area contributed by atoms with Gasteiger partial charge in [0.2, 0.25) is 0 Å². The van der Waals surface area contributed by atoms with Gasteiger partial charge in [0, 0.05) is 30.0 Å². The zero-order chi connectivity index (χ0) is 19.2. The van der Waals surface area contributed by atoms with Gasteiger partial charge in [-0.25, -0.2) is 9.37 Å². The number of nitrogens with zero attached hydrogens (tertiary/aromatic N) is 2. The van der Waals surface area contributed by atoms with E-state index in [0.717, 1.165) is 5.56 Å². The summed E-state index contributed by atoms with van der Waals surface area (Å²) < 4.78 is 13.0. The molecular formula is C22H22FN3O. The van der Waals surface area contributed by atoms with Gasteiger partial charge in [0.25, 0.3) is 5.91 Å². The molecule has 0 fully saturated rings. The van der Waals surface area contributed by atoms with Gasteiger partial charge in [0.15, 0.2) is 0 Å². The predicted molar refractivity (Wildman–Crippen MR) is 105 cm³/mol. The highest BCUT2D eigenvalue weighted by atomic mass is 19.1. The zero-order valence-electron chi connectivity index (χ0n) is 15.4. The summed E-state index contributed by atoms with van der Waals surface area (Å²) in [5, 5.41) is 3.10. The van der Waals surface area contributed by atoms with Crippen molar-refractivity contribution in [3.05, 3.63) is 89.9 Å². The Labute approximate surface area is 158 Å². The summed E-state index contributed by atoms with van der Waals surface area (Å²) in [7, 11) is 0. The van der Waals surface area contributed by atoms with Gasteiger partial charge in [-0.1, -0.05) is 30.3 Å². The van der Waals surface area contributed by atoms with Crippen LogP contribution in [0.2, 0.25) is 0 Å². The summed E-state index contributed by atoms with van der Waals surface area (Å²) in [6.45, 7) is 4.54. The fourth-order valence-corrected chi connectivity index (χ4v) is 2.75. The molecule has 1 aromatic heterocycles. The molecule has 138 valence electrons. The lowest BCUT2D eigenvalue weighted by molar-refractivity contribution is 0.0690. The summed E-state index contributed by atoms with van der Waals surface area (Å²) in [6, 6.07) is 19.4. The third-order valence-corrected chi connectivity index (χ3v) is 4.20. The van der Waals surface area contributed by atoms with Crippen LogP contribution in [0.25, 0.3) is 0 Å². The van der Waals surface area contributed by atoms with Crippen molar-refractivity contribution in [3.8, 4) is 0 Å². The van der Waals surface area contributed by atoms with Gasteiger partial charge in [-0.2, -0.15) is 0 Å². The Hall–Kier alpha value is -3.21. The molecule has 27 heavy (non-hydrogen) atoms. The first-order chi connectivity index (χ1) is 13.0. The van der Waals surface area contributed by atoms with Crippen LogP contribution >= 0.6 is 0 Å². The number of amides is 1. The SMILES string of the molecule is CC(C)N(Cc1ccccc1)C(=O)c1ccnc(Nc2ccc(F)cc2)c1. The van der Waals surface area contributed by atoms with Crippen LogP contribution < -0.4 is 5.32 Å². The van der Waals surface area contributed by atoms with E-state index in [0.29, 0.717) is 23.6 Å². The van der Waals surface area contributed by atoms with Gasteiger partial charge in [0.1, 0.15) is 11.6 Å². The molecule has 2 aromatic carbocycles. The van der Waals surface area contributed by atoms with E-state index in [1.807, 2.05) is 49.1 Å². The zero-order valence-corrected chi connectivity index (χ0v) is 15.4. The largest absolute Gasteiger partial charge is 0.340 e. The molecule has 5 heteroatoms. The van der Waals surface area contributed by atoms with E-state index in [1.165, 1.54) is 12.1 Å². The van der Waals surface area contributed by atoms with E-state index in [2.05, 4.69) is 10.3 Å². The molecule has 4 nitrogen and oxygen atoms in total. The fraction of sp³-hybridized carbons (Fsp3) is 0.182. The van der Waals surface area contributed by atoms with Crippen molar-refractivity contribution in [2.24, 2.45) is 0 Å². The van der Waals surface area contributed by atoms with E-state index < -0.39 is 0 Å². The van der Waals surface area contributed by atoms with Crippen molar-refractivity contribution in [3.63, 3.8) is 0 Å². The van der Waals surface area contributed by atoms with Gasteiger partial charge < -0.3 is 10.2 Å². The summed E-state index contributed by atoms with van der Waals surface area (Å²) in [5.41, 5.74) is 2.34. The van der Waals surface area contributed by atoms with Crippen LogP contribution in [0.15, 0.2) is 72.9 Å². The highest BCUT2D eigenvalue weighted by molar-refractivity contribution is 5.95. The number of benzene rings is 2. The molecule has 0 saturated carbocycles. The van der Waals surface area contributed by atoms with Crippen molar-refractivity contribution in [2.75, 3.05) is 5.32 Å². The lowest BCUT2D eigenvalue weighted by Crippen LogP contribution is -2.36. The molecule has 0 saturated heterocycles. The third-order valence-electron chi connectivity index (χ3n) is 4.20. The molecule has 3 aromatic rings. The van der Waals surface area contributed by atoms with Crippen LogP contribution in [0.3, 0.4) is 0 Å². The van der Waals surface area contributed by atoms with E-state index in [-0.39, 0.29) is 17.8 Å². The molecule has 0 aliphatic heterocycles. The van der Waals surface area contributed by atoms with Crippen LogP contribution in [0.4, 0.5) is 15.9 Å². The summed E-state index contributed by atoms with van der Waals surface area (Å²) in [5.74, 6) is 0.181. The quantitative estimate of drug-likeness (QED) is 0.669. The number of carbonyl (C=O) groups is 1. The second-order valence-electron chi connectivity index (χ2n) is 6.57. The van der Waals surface area contributed by atoms with Gasteiger partial charge in [-0.15, -0.1) is 0 Å². The topological polar surface area (TPSA) is 45.2 Å². The number of halogens is 1. The van der Waals surface area contributed by atoms with Crippen molar-refractivity contribution < 1.29 is 9.18 Å². The smallest absolute Gasteiger partial charge is 0.254 e.